The van der Waals surface area contributed by atoms with E-state index in [1.54, 1.807) is 0 Å². The van der Waals surface area contributed by atoms with Gasteiger partial charge in [0.15, 0.2) is 0 Å². The predicted octanol–water partition coefficient (Wildman–Crippen LogP) is 3.71. The van der Waals surface area contributed by atoms with Crippen LogP contribution in [-0.4, -0.2) is 11.1 Å². The molecule has 0 amide bonds. The molecule has 2 fully saturated rings. The maximum Gasteiger partial charge on any atom is 0.306 e. The number of rotatable bonds is 1. The first kappa shape index (κ1) is 13.5. The Hall–Kier alpha value is -0.970. The lowest BCUT2D eigenvalue weighted by atomic mass is 9.80. The summed E-state index contributed by atoms with van der Waals surface area (Å²) in [5.74, 6) is 8.10. The maximum atomic E-state index is 10.9. The van der Waals surface area contributed by atoms with E-state index in [4.69, 9.17) is 5.11 Å². The van der Waals surface area contributed by atoms with Gasteiger partial charge in [-0.25, -0.2) is 0 Å². The molecule has 0 atom stereocenters. The molecule has 0 bridgehead atoms. The monoisotopic (exact) mass is 248 g/mol. The molecule has 0 aliphatic heterocycles. The lowest BCUT2D eigenvalue weighted by molar-refractivity contribution is -0.142. The largest absolute Gasteiger partial charge is 0.481 e. The molecule has 0 spiro atoms. The maximum absolute atomic E-state index is 10.9. The van der Waals surface area contributed by atoms with Crippen LogP contribution < -0.4 is 0 Å². The first-order valence-corrected chi connectivity index (χ1v) is 7.39. The van der Waals surface area contributed by atoms with Gasteiger partial charge in [0, 0.05) is 11.8 Å². The van der Waals surface area contributed by atoms with E-state index >= 15 is 0 Å². The number of carbonyl (C=O) groups is 1. The Labute approximate surface area is 110 Å². The number of hydrogen-bond donors (Lipinski definition) is 1. The second-order valence-electron chi connectivity index (χ2n) is 6.13. The zero-order chi connectivity index (χ0) is 13.0. The first-order chi connectivity index (χ1) is 8.65. The van der Waals surface area contributed by atoms with Crippen LogP contribution in [0.3, 0.4) is 0 Å². The third kappa shape index (κ3) is 3.77. The van der Waals surface area contributed by atoms with E-state index in [2.05, 4.69) is 18.8 Å². The van der Waals surface area contributed by atoms with Gasteiger partial charge < -0.3 is 5.11 Å². The second-order valence-corrected chi connectivity index (χ2v) is 6.13. The van der Waals surface area contributed by atoms with Crippen LogP contribution in [0.15, 0.2) is 0 Å². The van der Waals surface area contributed by atoms with Gasteiger partial charge >= 0.3 is 5.97 Å². The molecule has 0 aromatic heterocycles. The zero-order valence-corrected chi connectivity index (χ0v) is 11.3. The highest BCUT2D eigenvalue weighted by atomic mass is 16.4. The zero-order valence-electron chi connectivity index (χ0n) is 11.3. The van der Waals surface area contributed by atoms with Crippen LogP contribution in [0.5, 0.6) is 0 Å². The van der Waals surface area contributed by atoms with Crippen LogP contribution >= 0.6 is 0 Å². The van der Waals surface area contributed by atoms with E-state index in [0.29, 0.717) is 11.8 Å². The summed E-state index contributed by atoms with van der Waals surface area (Å²) in [6.07, 6.45) is 8.76. The molecule has 2 nitrogen and oxygen atoms in total. The van der Waals surface area contributed by atoms with Crippen molar-refractivity contribution in [3.8, 4) is 11.8 Å². The van der Waals surface area contributed by atoms with Crippen molar-refractivity contribution in [2.45, 2.75) is 58.3 Å². The van der Waals surface area contributed by atoms with Crippen LogP contribution in [0.4, 0.5) is 0 Å². The van der Waals surface area contributed by atoms with Crippen LogP contribution in [0.2, 0.25) is 0 Å². The lowest BCUT2D eigenvalue weighted by Gasteiger charge is -2.24. The average molecular weight is 248 g/mol. The van der Waals surface area contributed by atoms with Crippen LogP contribution in [-0.2, 0) is 4.79 Å². The molecular weight excluding hydrogens is 224 g/mol. The molecule has 0 heterocycles. The molecule has 2 aliphatic rings. The fourth-order valence-corrected chi connectivity index (χ4v) is 3.12. The minimum atomic E-state index is -0.623. The Kier molecular flexibility index (Phi) is 4.69. The summed E-state index contributed by atoms with van der Waals surface area (Å²) in [4.78, 5) is 10.9. The van der Waals surface area contributed by atoms with Crippen molar-refractivity contribution in [3.05, 3.63) is 0 Å². The van der Waals surface area contributed by atoms with Gasteiger partial charge in [-0.15, -0.1) is 0 Å². The Balaban J connectivity index is 1.76. The molecule has 2 rings (SSSR count). The minimum absolute atomic E-state index is 0.112. The summed E-state index contributed by atoms with van der Waals surface area (Å²) < 4.78 is 0. The molecule has 2 saturated carbocycles. The summed E-state index contributed by atoms with van der Waals surface area (Å²) in [7, 11) is 0. The molecular formula is C16H24O2. The quantitative estimate of drug-likeness (QED) is 0.718. The first-order valence-electron chi connectivity index (χ1n) is 7.39. The molecule has 18 heavy (non-hydrogen) atoms. The topological polar surface area (TPSA) is 37.3 Å². The molecule has 1 N–H and O–H groups in total. The molecule has 0 unspecified atom stereocenters. The second kappa shape index (κ2) is 6.27. The minimum Gasteiger partial charge on any atom is -0.481 e. The predicted molar refractivity (Wildman–Crippen MR) is 72.0 cm³/mol. The van der Waals surface area contributed by atoms with Crippen LogP contribution in [0, 0.1) is 35.5 Å². The molecule has 0 aromatic carbocycles. The Morgan fingerprint density at radius 2 is 1.33 bits per heavy atom. The molecule has 2 heteroatoms. The third-order valence-corrected chi connectivity index (χ3v) is 4.58. The van der Waals surface area contributed by atoms with Crippen molar-refractivity contribution in [3.63, 3.8) is 0 Å². The van der Waals surface area contributed by atoms with Crippen LogP contribution in [0.1, 0.15) is 58.3 Å². The Bertz CT molecular complexity index is 334. The number of carboxylic acid groups (broad SMARTS) is 1. The standard InChI is InChI=1S/C16H24O2/c1-12-2-4-13(5-3-12)6-7-14-8-10-15(11-9-14)16(17)18/h12-15H,2-5,8-11H2,1H3,(H,17,18). The molecule has 0 saturated heterocycles. The summed E-state index contributed by atoms with van der Waals surface area (Å²) in [6, 6.07) is 0. The van der Waals surface area contributed by atoms with Gasteiger partial charge in [0.05, 0.1) is 5.92 Å². The number of aliphatic carboxylic acids is 1. The highest BCUT2D eigenvalue weighted by molar-refractivity contribution is 5.70. The van der Waals surface area contributed by atoms with E-state index in [1.807, 2.05) is 0 Å². The smallest absolute Gasteiger partial charge is 0.306 e. The highest BCUT2D eigenvalue weighted by Gasteiger charge is 2.25. The van der Waals surface area contributed by atoms with Gasteiger partial charge in [-0.2, -0.15) is 0 Å². The molecule has 100 valence electrons. The fourth-order valence-electron chi connectivity index (χ4n) is 3.12. The summed E-state index contributed by atoms with van der Waals surface area (Å²) in [6.45, 7) is 2.33. The van der Waals surface area contributed by atoms with Gasteiger partial charge in [0.1, 0.15) is 0 Å². The van der Waals surface area contributed by atoms with Crippen molar-refractivity contribution in [2.24, 2.45) is 23.7 Å². The fraction of sp³-hybridized carbons (Fsp3) is 0.812. The van der Waals surface area contributed by atoms with E-state index in [1.165, 1.54) is 25.7 Å². The van der Waals surface area contributed by atoms with E-state index < -0.39 is 5.97 Å². The SMILES string of the molecule is CC1CCC(C#CC2CCC(C(=O)O)CC2)CC1. The van der Waals surface area contributed by atoms with E-state index in [9.17, 15) is 4.79 Å². The normalized spacial score (nSPS) is 36.5. The van der Waals surface area contributed by atoms with Gasteiger partial charge in [-0.05, 0) is 57.3 Å². The summed E-state index contributed by atoms with van der Waals surface area (Å²) in [5, 5.41) is 8.95. The third-order valence-electron chi connectivity index (χ3n) is 4.58. The molecule has 0 aromatic rings. The lowest BCUT2D eigenvalue weighted by Crippen LogP contribution is -2.20. The highest BCUT2D eigenvalue weighted by Crippen LogP contribution is 2.30. The van der Waals surface area contributed by atoms with Crippen molar-refractivity contribution in [1.82, 2.24) is 0 Å². The van der Waals surface area contributed by atoms with E-state index in [0.717, 1.165) is 31.6 Å². The van der Waals surface area contributed by atoms with E-state index in [-0.39, 0.29) is 5.92 Å². The Morgan fingerprint density at radius 1 is 0.889 bits per heavy atom. The van der Waals surface area contributed by atoms with Gasteiger partial charge in [-0.1, -0.05) is 18.8 Å². The number of hydrogen-bond acceptors (Lipinski definition) is 1. The molecule has 2 aliphatic carbocycles. The van der Waals surface area contributed by atoms with Gasteiger partial charge in [0.25, 0.3) is 0 Å². The van der Waals surface area contributed by atoms with Gasteiger partial charge in [-0.3, -0.25) is 4.79 Å². The van der Waals surface area contributed by atoms with Crippen LogP contribution in [0.25, 0.3) is 0 Å². The van der Waals surface area contributed by atoms with Crippen molar-refractivity contribution in [2.75, 3.05) is 0 Å². The van der Waals surface area contributed by atoms with Gasteiger partial charge in [0.2, 0.25) is 0 Å². The summed E-state index contributed by atoms with van der Waals surface area (Å²) in [5.41, 5.74) is 0. The van der Waals surface area contributed by atoms with Crippen molar-refractivity contribution in [1.29, 1.82) is 0 Å². The average Bonchev–Trinajstić information content (AvgIpc) is 2.38. The number of carboxylic acids is 1. The van der Waals surface area contributed by atoms with Crippen molar-refractivity contribution >= 4 is 5.97 Å². The molecule has 0 radical (unpaired) electrons. The Morgan fingerprint density at radius 3 is 1.78 bits per heavy atom. The van der Waals surface area contributed by atoms with Crippen molar-refractivity contribution < 1.29 is 9.90 Å². The summed E-state index contributed by atoms with van der Waals surface area (Å²) >= 11 is 0.